The zero-order valence-electron chi connectivity index (χ0n) is 10.1. The van der Waals surface area contributed by atoms with Gasteiger partial charge in [-0.05, 0) is 32.6 Å². The first-order valence-corrected chi connectivity index (χ1v) is 5.27. The number of carbonyl (C=O) groups excluding carboxylic acids is 1. The van der Waals surface area contributed by atoms with Gasteiger partial charge in [0.1, 0.15) is 0 Å². The largest absolute Gasteiger partial charge is 0.349 e. The van der Waals surface area contributed by atoms with Crippen LogP contribution in [0.3, 0.4) is 0 Å². The van der Waals surface area contributed by atoms with Gasteiger partial charge in [0.15, 0.2) is 0 Å². The van der Waals surface area contributed by atoms with E-state index in [0.717, 1.165) is 12.8 Å². The summed E-state index contributed by atoms with van der Waals surface area (Å²) >= 11 is 0. The minimum absolute atomic E-state index is 0.231. The van der Waals surface area contributed by atoms with Crippen LogP contribution in [-0.2, 0) is 4.79 Å². The van der Waals surface area contributed by atoms with Gasteiger partial charge in [-0.1, -0.05) is 18.6 Å². The van der Waals surface area contributed by atoms with Crippen LogP contribution >= 0.6 is 0 Å². The summed E-state index contributed by atoms with van der Waals surface area (Å²) in [7, 11) is 3.62. The molecule has 0 aromatic heterocycles. The van der Waals surface area contributed by atoms with Crippen molar-refractivity contribution in [1.29, 1.82) is 0 Å². The second kappa shape index (κ2) is 6.63. The van der Waals surface area contributed by atoms with Gasteiger partial charge in [-0.3, -0.25) is 4.79 Å². The Bertz CT molecular complexity index is 202. The third-order valence-electron chi connectivity index (χ3n) is 2.23. The first-order chi connectivity index (χ1) is 6.43. The van der Waals surface area contributed by atoms with Crippen molar-refractivity contribution in [2.75, 3.05) is 14.1 Å². The van der Waals surface area contributed by atoms with Crippen molar-refractivity contribution in [3.63, 3.8) is 0 Å². The van der Waals surface area contributed by atoms with Gasteiger partial charge in [-0.2, -0.15) is 0 Å². The van der Waals surface area contributed by atoms with Gasteiger partial charge >= 0.3 is 0 Å². The minimum Gasteiger partial charge on any atom is -0.349 e. The van der Waals surface area contributed by atoms with E-state index >= 15 is 0 Å². The molecule has 0 aromatic carbocycles. The Morgan fingerprint density at radius 2 is 1.93 bits per heavy atom. The molecule has 2 nitrogen and oxygen atoms in total. The maximum Gasteiger partial charge on any atom is 0.222 e. The van der Waals surface area contributed by atoms with E-state index in [4.69, 9.17) is 0 Å². The van der Waals surface area contributed by atoms with E-state index in [1.165, 1.54) is 5.57 Å². The molecule has 0 heterocycles. The monoisotopic (exact) mass is 197 g/mol. The van der Waals surface area contributed by atoms with Gasteiger partial charge < -0.3 is 4.90 Å². The molecule has 0 saturated carbocycles. The fourth-order valence-electron chi connectivity index (χ4n) is 1.24. The summed E-state index contributed by atoms with van der Waals surface area (Å²) in [5.41, 5.74) is 1.36. The number of hydrogen-bond donors (Lipinski definition) is 0. The molecule has 1 unspecified atom stereocenters. The predicted molar refractivity (Wildman–Crippen MR) is 61.1 cm³/mol. The zero-order valence-corrected chi connectivity index (χ0v) is 10.1. The number of hydrogen-bond acceptors (Lipinski definition) is 1. The van der Waals surface area contributed by atoms with Crippen molar-refractivity contribution in [3.8, 4) is 0 Å². The van der Waals surface area contributed by atoms with E-state index in [2.05, 4.69) is 26.8 Å². The molecule has 0 N–H and O–H groups in total. The van der Waals surface area contributed by atoms with Gasteiger partial charge in [0, 0.05) is 20.5 Å². The van der Waals surface area contributed by atoms with Crippen LogP contribution in [0, 0.1) is 5.92 Å². The molecule has 0 aliphatic carbocycles. The summed E-state index contributed by atoms with van der Waals surface area (Å²) in [6.07, 6.45) is 5.09. The Kier molecular flexibility index (Phi) is 6.26. The van der Waals surface area contributed by atoms with Crippen molar-refractivity contribution in [2.24, 2.45) is 5.92 Å². The van der Waals surface area contributed by atoms with Crippen LogP contribution in [0.4, 0.5) is 0 Å². The Morgan fingerprint density at radius 3 is 2.36 bits per heavy atom. The lowest BCUT2D eigenvalue weighted by Crippen LogP contribution is -2.23. The molecule has 82 valence electrons. The molecule has 0 bridgehead atoms. The average molecular weight is 197 g/mol. The van der Waals surface area contributed by atoms with Crippen LogP contribution in [0.25, 0.3) is 0 Å². The van der Waals surface area contributed by atoms with E-state index in [-0.39, 0.29) is 5.91 Å². The Labute approximate surface area is 88.0 Å². The molecular formula is C12H23NO. The van der Waals surface area contributed by atoms with Crippen LogP contribution < -0.4 is 0 Å². The van der Waals surface area contributed by atoms with Crippen LogP contribution in [0.1, 0.15) is 40.0 Å². The number of amides is 1. The second-order valence-electron chi connectivity index (χ2n) is 4.46. The van der Waals surface area contributed by atoms with Crippen molar-refractivity contribution in [1.82, 2.24) is 4.90 Å². The predicted octanol–water partition coefficient (Wildman–Crippen LogP) is 2.85. The Balaban J connectivity index is 3.71. The fourth-order valence-corrected chi connectivity index (χ4v) is 1.24. The average Bonchev–Trinajstić information content (AvgIpc) is 2.02. The van der Waals surface area contributed by atoms with Gasteiger partial charge in [0.05, 0.1) is 0 Å². The summed E-state index contributed by atoms with van der Waals surface area (Å²) < 4.78 is 0. The Morgan fingerprint density at radius 1 is 1.36 bits per heavy atom. The number of allylic oxidation sites excluding steroid dienone is 2. The highest BCUT2D eigenvalue weighted by atomic mass is 16.2. The quantitative estimate of drug-likeness (QED) is 0.621. The summed E-state index contributed by atoms with van der Waals surface area (Å²) in [5.74, 6) is 0.718. The molecule has 0 aliphatic heterocycles. The van der Waals surface area contributed by atoms with Crippen molar-refractivity contribution in [2.45, 2.75) is 40.0 Å². The first-order valence-electron chi connectivity index (χ1n) is 5.27. The van der Waals surface area contributed by atoms with E-state index in [0.29, 0.717) is 12.3 Å². The van der Waals surface area contributed by atoms with E-state index in [9.17, 15) is 4.79 Å². The highest BCUT2D eigenvalue weighted by Crippen LogP contribution is 2.12. The topological polar surface area (TPSA) is 20.3 Å². The van der Waals surface area contributed by atoms with Crippen molar-refractivity contribution < 1.29 is 4.79 Å². The summed E-state index contributed by atoms with van der Waals surface area (Å²) in [5, 5.41) is 0. The van der Waals surface area contributed by atoms with Gasteiger partial charge in [0.25, 0.3) is 0 Å². The van der Waals surface area contributed by atoms with Crippen LogP contribution in [-0.4, -0.2) is 24.9 Å². The van der Waals surface area contributed by atoms with E-state index < -0.39 is 0 Å². The molecule has 0 fully saturated rings. The number of carbonyl (C=O) groups is 1. The summed E-state index contributed by atoms with van der Waals surface area (Å²) in [6, 6.07) is 0. The third kappa shape index (κ3) is 6.70. The molecule has 2 heteroatoms. The van der Waals surface area contributed by atoms with E-state index in [1.807, 2.05) is 14.1 Å². The highest BCUT2D eigenvalue weighted by molar-refractivity contribution is 5.75. The standard InChI is InChI=1S/C12H23NO/c1-10(2)7-6-8-11(3)9-12(14)13(4)5/h7,11H,6,8-9H2,1-5H3. The summed E-state index contributed by atoms with van der Waals surface area (Å²) in [6.45, 7) is 6.35. The summed E-state index contributed by atoms with van der Waals surface area (Å²) in [4.78, 5) is 13.0. The SMILES string of the molecule is CC(C)=CCCC(C)CC(=O)N(C)C. The molecule has 0 aliphatic rings. The number of rotatable bonds is 5. The molecule has 1 atom stereocenters. The highest BCUT2D eigenvalue weighted by Gasteiger charge is 2.09. The lowest BCUT2D eigenvalue weighted by atomic mass is 10.0. The molecule has 0 radical (unpaired) electrons. The molecule has 0 aromatic rings. The number of nitrogens with zero attached hydrogens (tertiary/aromatic N) is 1. The smallest absolute Gasteiger partial charge is 0.222 e. The lowest BCUT2D eigenvalue weighted by molar-refractivity contribution is -0.129. The maximum atomic E-state index is 11.4. The molecule has 0 spiro atoms. The minimum atomic E-state index is 0.231. The second-order valence-corrected chi connectivity index (χ2v) is 4.46. The van der Waals surface area contributed by atoms with Crippen LogP contribution in [0.2, 0.25) is 0 Å². The van der Waals surface area contributed by atoms with Crippen LogP contribution in [0.5, 0.6) is 0 Å². The normalized spacial score (nSPS) is 12.1. The van der Waals surface area contributed by atoms with E-state index in [1.54, 1.807) is 4.90 Å². The van der Waals surface area contributed by atoms with Gasteiger partial charge in [-0.15, -0.1) is 0 Å². The van der Waals surface area contributed by atoms with Crippen LogP contribution in [0.15, 0.2) is 11.6 Å². The van der Waals surface area contributed by atoms with Crippen molar-refractivity contribution >= 4 is 5.91 Å². The Hall–Kier alpha value is -0.790. The zero-order chi connectivity index (χ0) is 11.1. The molecule has 0 rings (SSSR count). The molecular weight excluding hydrogens is 174 g/mol. The fraction of sp³-hybridized carbons (Fsp3) is 0.750. The maximum absolute atomic E-state index is 11.4. The van der Waals surface area contributed by atoms with Gasteiger partial charge in [0.2, 0.25) is 5.91 Å². The molecule has 0 saturated heterocycles. The third-order valence-corrected chi connectivity index (χ3v) is 2.23. The van der Waals surface area contributed by atoms with Crippen molar-refractivity contribution in [3.05, 3.63) is 11.6 Å². The van der Waals surface area contributed by atoms with Gasteiger partial charge in [-0.25, -0.2) is 0 Å². The lowest BCUT2D eigenvalue weighted by Gasteiger charge is -2.14. The molecule has 14 heavy (non-hydrogen) atoms. The molecule has 1 amide bonds. The first kappa shape index (κ1) is 13.2.